The van der Waals surface area contributed by atoms with Gasteiger partial charge in [0.15, 0.2) is 0 Å². The summed E-state index contributed by atoms with van der Waals surface area (Å²) in [4.78, 5) is 2.65. The number of rotatable bonds is 5. The van der Waals surface area contributed by atoms with E-state index in [9.17, 15) is 0 Å². The molecule has 0 unspecified atom stereocenters. The normalized spacial score (nSPS) is 13.6. The van der Waals surface area contributed by atoms with Crippen molar-refractivity contribution in [3.8, 4) is 0 Å². The Morgan fingerprint density at radius 1 is 0.270 bits per heavy atom. The molecular formula is C36H38Te. The van der Waals surface area contributed by atoms with Crippen LogP contribution in [0.2, 0.25) is 4.97 Å². The van der Waals surface area contributed by atoms with Gasteiger partial charge in [0.05, 0.1) is 0 Å². The van der Waals surface area contributed by atoms with E-state index in [1.54, 1.807) is 0 Å². The topological polar surface area (TPSA) is 0 Å². The van der Waals surface area contributed by atoms with Gasteiger partial charge in [0.2, 0.25) is 0 Å². The van der Waals surface area contributed by atoms with E-state index < -0.39 is 15.4 Å². The molecule has 0 amide bonds. The Morgan fingerprint density at radius 3 is 0.541 bits per heavy atom. The number of benzene rings is 5. The van der Waals surface area contributed by atoms with E-state index in [1.165, 1.54) is 45.9 Å². The Balaban J connectivity index is 2.20. The summed E-state index contributed by atoms with van der Waals surface area (Å²) in [5, 5.41) is 0. The summed E-state index contributed by atoms with van der Waals surface area (Å²) >= 11 is -5.17. The molecule has 0 saturated heterocycles. The van der Waals surface area contributed by atoms with E-state index in [0.717, 1.165) is 0 Å². The summed E-state index contributed by atoms with van der Waals surface area (Å²) in [5.41, 5.74) is 6.39. The zero-order valence-electron chi connectivity index (χ0n) is 23.0. The monoisotopic (exact) mass is 600 g/mol. The van der Waals surface area contributed by atoms with Gasteiger partial charge in [-0.15, -0.1) is 0 Å². The fourth-order valence-corrected chi connectivity index (χ4v) is 27.5. The van der Waals surface area contributed by atoms with Crippen LogP contribution in [-0.4, -0.2) is 15.4 Å². The van der Waals surface area contributed by atoms with Gasteiger partial charge in [-0.2, -0.15) is 0 Å². The molecule has 0 N–H and O–H groups in total. The summed E-state index contributed by atoms with van der Waals surface area (Å²) < 4.78 is 7.05. The summed E-state index contributed by atoms with van der Waals surface area (Å²) in [5.74, 6) is 0. The van der Waals surface area contributed by atoms with Gasteiger partial charge in [-0.3, -0.25) is 0 Å². The molecule has 0 aliphatic rings. The van der Waals surface area contributed by atoms with E-state index in [1.807, 2.05) is 0 Å². The maximum atomic E-state index is 2.65. The van der Waals surface area contributed by atoms with Crippen LogP contribution in [-0.2, 0) is 0 Å². The predicted molar refractivity (Wildman–Crippen MR) is 166 cm³/mol. The molecule has 5 aromatic carbocycles. The van der Waals surface area contributed by atoms with Gasteiger partial charge in [0.25, 0.3) is 0 Å². The van der Waals surface area contributed by atoms with Crippen molar-refractivity contribution in [1.29, 1.82) is 0 Å². The first-order valence-electron chi connectivity index (χ1n) is 13.0. The molecule has 0 nitrogen and oxygen atoms in total. The summed E-state index contributed by atoms with van der Waals surface area (Å²) in [6.07, 6.45) is 0. The second-order valence-corrected chi connectivity index (χ2v) is 29.5. The first kappa shape index (κ1) is 25.5. The van der Waals surface area contributed by atoms with Crippen molar-refractivity contribution in [2.45, 2.75) is 39.6 Å². The fourth-order valence-electron chi connectivity index (χ4n) is 6.09. The van der Waals surface area contributed by atoms with Gasteiger partial charge >= 0.3 is 222 Å². The number of hydrogen-bond acceptors (Lipinski definition) is 0. The molecule has 0 radical (unpaired) electrons. The van der Waals surface area contributed by atoms with E-state index in [-0.39, 0.29) is 0 Å². The minimum atomic E-state index is -5.17. The van der Waals surface area contributed by atoms with Gasteiger partial charge in [0, 0.05) is 0 Å². The maximum absolute atomic E-state index is 5.17. The molecule has 0 aliphatic heterocycles. The molecule has 0 saturated carbocycles. The van der Waals surface area contributed by atoms with Crippen LogP contribution in [0.3, 0.4) is 0 Å². The van der Waals surface area contributed by atoms with Crippen molar-refractivity contribution >= 4 is 33.5 Å². The number of hydrogen-bond donors (Lipinski definition) is 0. The van der Waals surface area contributed by atoms with Crippen LogP contribution in [0.15, 0.2) is 121 Å². The van der Waals surface area contributed by atoms with Crippen molar-refractivity contribution < 1.29 is 0 Å². The zero-order chi connectivity index (χ0) is 26.3. The van der Waals surface area contributed by atoms with Crippen molar-refractivity contribution in [2.75, 3.05) is 0 Å². The average molecular weight is 598 g/mol. The third-order valence-corrected chi connectivity index (χ3v) is 32.7. The Kier molecular flexibility index (Phi) is 6.03. The predicted octanol–water partition coefficient (Wildman–Crippen LogP) is 6.05. The summed E-state index contributed by atoms with van der Waals surface area (Å²) in [7, 11) is 0. The SMILES string of the molecule is Cc1ccc([Te](C)(c2ccc(C)cc2)(c2ccc(C)cc2)(c2ccc(C)cc2)c2ccc(C)cc2)cc1. The van der Waals surface area contributed by atoms with Crippen LogP contribution in [0.1, 0.15) is 27.8 Å². The van der Waals surface area contributed by atoms with E-state index >= 15 is 0 Å². The molecule has 37 heavy (non-hydrogen) atoms. The second kappa shape index (κ2) is 8.73. The van der Waals surface area contributed by atoms with Crippen molar-refractivity contribution in [3.63, 3.8) is 0 Å². The van der Waals surface area contributed by atoms with Gasteiger partial charge in [0.1, 0.15) is 0 Å². The Bertz CT molecular complexity index is 1260. The van der Waals surface area contributed by atoms with E-state index in [2.05, 4.69) is 161 Å². The third-order valence-electron chi connectivity index (χ3n) is 8.64. The standard InChI is InChI=1S/C36H38Te/c1-27-7-17-32(18-8-27)37(6,33-19-9-28(2)10-20-33,34-21-11-29(3)12-22-34,35-23-13-30(4)14-24-35)36-25-15-31(5)16-26-36/h7-26H,1-6H3. The Hall–Kier alpha value is -3.11. The first-order valence-corrected chi connectivity index (χ1v) is 21.2. The van der Waals surface area contributed by atoms with Crippen LogP contribution in [0, 0.1) is 34.6 Å². The van der Waals surface area contributed by atoms with Crippen LogP contribution in [0.25, 0.3) is 0 Å². The van der Waals surface area contributed by atoms with Crippen LogP contribution < -0.4 is 18.1 Å². The van der Waals surface area contributed by atoms with Crippen molar-refractivity contribution in [2.24, 2.45) is 0 Å². The van der Waals surface area contributed by atoms with Gasteiger partial charge in [-0.1, -0.05) is 0 Å². The minimum absolute atomic E-state index is 1.28. The Labute approximate surface area is 221 Å². The molecule has 1 heteroatoms. The van der Waals surface area contributed by atoms with Gasteiger partial charge < -0.3 is 0 Å². The fraction of sp³-hybridized carbons (Fsp3) is 0.167. The molecule has 5 rings (SSSR count). The quantitative estimate of drug-likeness (QED) is 0.216. The van der Waals surface area contributed by atoms with E-state index in [4.69, 9.17) is 0 Å². The van der Waals surface area contributed by atoms with Crippen molar-refractivity contribution in [1.82, 2.24) is 0 Å². The second-order valence-electron chi connectivity index (χ2n) is 11.1. The molecule has 188 valence electrons. The summed E-state index contributed by atoms with van der Waals surface area (Å²) in [6.45, 7) is 10.9. The zero-order valence-corrected chi connectivity index (χ0v) is 25.3. The third kappa shape index (κ3) is 3.34. The molecular weight excluding hydrogens is 560 g/mol. The molecule has 0 aliphatic carbocycles. The molecule has 0 heterocycles. The first-order chi connectivity index (χ1) is 17.6. The molecule has 0 spiro atoms. The van der Waals surface area contributed by atoms with Crippen LogP contribution in [0.5, 0.6) is 0 Å². The van der Waals surface area contributed by atoms with Gasteiger partial charge in [-0.05, 0) is 0 Å². The van der Waals surface area contributed by atoms with Crippen molar-refractivity contribution in [3.05, 3.63) is 149 Å². The van der Waals surface area contributed by atoms with Crippen LogP contribution in [0.4, 0.5) is 0 Å². The number of aryl methyl sites for hydroxylation is 5. The molecule has 0 aromatic heterocycles. The molecule has 5 aromatic rings. The Morgan fingerprint density at radius 2 is 0.405 bits per heavy atom. The molecule has 0 fully saturated rings. The molecule has 0 bridgehead atoms. The van der Waals surface area contributed by atoms with E-state index in [0.29, 0.717) is 0 Å². The molecule has 0 atom stereocenters. The van der Waals surface area contributed by atoms with Crippen LogP contribution >= 0.6 is 0 Å². The van der Waals surface area contributed by atoms with Gasteiger partial charge in [-0.25, -0.2) is 0 Å². The summed E-state index contributed by atoms with van der Waals surface area (Å²) in [6, 6.07) is 47.2. The average Bonchev–Trinajstić information content (AvgIpc) is 2.90.